The van der Waals surface area contributed by atoms with Gasteiger partial charge in [-0.25, -0.2) is 4.39 Å². The van der Waals surface area contributed by atoms with Gasteiger partial charge >= 0.3 is 0 Å². The Morgan fingerprint density at radius 2 is 2.42 bits per heavy atom. The van der Waals surface area contributed by atoms with E-state index < -0.39 is 5.82 Å². The first-order valence-electron chi connectivity index (χ1n) is 3.38. The fraction of sp³-hybridized carbons (Fsp3) is 0.286. The summed E-state index contributed by atoms with van der Waals surface area (Å²) in [6.07, 6.45) is 2.58. The summed E-state index contributed by atoms with van der Waals surface area (Å²) < 4.78 is 12.6. The van der Waals surface area contributed by atoms with Crippen molar-refractivity contribution in [2.45, 2.75) is 13.0 Å². The molecule has 1 atom stereocenters. The van der Waals surface area contributed by atoms with Crippen LogP contribution in [0.1, 0.15) is 18.5 Å². The number of nitrogens with zero attached hydrogens (tertiary/aromatic N) is 4. The molecule has 0 saturated carbocycles. The van der Waals surface area contributed by atoms with Gasteiger partial charge in [-0.1, -0.05) is 12.0 Å². The van der Waals surface area contributed by atoms with Gasteiger partial charge < -0.3 is 0 Å². The summed E-state index contributed by atoms with van der Waals surface area (Å²) in [4.78, 5) is 6.25. The number of azide groups is 1. The van der Waals surface area contributed by atoms with Crippen molar-refractivity contribution < 1.29 is 4.39 Å². The molecule has 12 heavy (non-hydrogen) atoms. The van der Waals surface area contributed by atoms with Crippen molar-refractivity contribution in [2.24, 2.45) is 5.11 Å². The SMILES string of the molecule is C[C@H](N=[N+]=[N-])c1cncc(F)c1. The van der Waals surface area contributed by atoms with Crippen LogP contribution >= 0.6 is 0 Å². The number of hydrogen-bond acceptors (Lipinski definition) is 2. The minimum atomic E-state index is -0.424. The number of rotatable bonds is 2. The van der Waals surface area contributed by atoms with Crippen molar-refractivity contribution in [3.05, 3.63) is 40.3 Å². The summed E-state index contributed by atoms with van der Waals surface area (Å²) in [5.74, 6) is -0.424. The average Bonchev–Trinajstić information content (AvgIpc) is 2.05. The van der Waals surface area contributed by atoms with Crippen molar-refractivity contribution in [3.8, 4) is 0 Å². The lowest BCUT2D eigenvalue weighted by molar-refractivity contribution is 0.614. The molecule has 1 heterocycles. The highest BCUT2D eigenvalue weighted by molar-refractivity contribution is 5.14. The molecule has 0 spiro atoms. The Hall–Kier alpha value is -1.61. The Kier molecular flexibility index (Phi) is 2.61. The van der Waals surface area contributed by atoms with E-state index in [-0.39, 0.29) is 6.04 Å². The quantitative estimate of drug-likeness (QED) is 0.378. The summed E-state index contributed by atoms with van der Waals surface area (Å²) in [7, 11) is 0. The zero-order valence-electron chi connectivity index (χ0n) is 6.48. The van der Waals surface area contributed by atoms with Crippen LogP contribution in [-0.2, 0) is 0 Å². The molecule has 1 rings (SSSR count). The van der Waals surface area contributed by atoms with E-state index in [1.165, 1.54) is 12.3 Å². The average molecular weight is 166 g/mol. The second-order valence-corrected chi connectivity index (χ2v) is 2.32. The molecule has 1 aromatic rings. The minimum absolute atomic E-state index is 0.377. The molecule has 0 amide bonds. The molecule has 0 unspecified atom stereocenters. The van der Waals surface area contributed by atoms with Gasteiger partial charge in [0.25, 0.3) is 0 Å². The molecule has 4 nitrogen and oxygen atoms in total. The number of hydrogen-bond donors (Lipinski definition) is 0. The molecule has 0 aliphatic heterocycles. The topological polar surface area (TPSA) is 61.7 Å². The molecule has 0 aromatic carbocycles. The zero-order valence-corrected chi connectivity index (χ0v) is 6.48. The molecular weight excluding hydrogens is 159 g/mol. The van der Waals surface area contributed by atoms with Crippen molar-refractivity contribution in [1.29, 1.82) is 0 Å². The smallest absolute Gasteiger partial charge is 0.141 e. The van der Waals surface area contributed by atoms with Crippen LogP contribution < -0.4 is 0 Å². The van der Waals surface area contributed by atoms with Crippen molar-refractivity contribution in [2.75, 3.05) is 0 Å². The van der Waals surface area contributed by atoms with Gasteiger partial charge in [0, 0.05) is 11.1 Å². The third kappa shape index (κ3) is 1.93. The van der Waals surface area contributed by atoms with Gasteiger partial charge in [0.1, 0.15) is 5.82 Å². The van der Waals surface area contributed by atoms with E-state index in [2.05, 4.69) is 15.0 Å². The highest BCUT2D eigenvalue weighted by atomic mass is 19.1. The number of halogens is 1. The Morgan fingerprint density at radius 1 is 1.67 bits per heavy atom. The monoisotopic (exact) mass is 166 g/mol. The minimum Gasteiger partial charge on any atom is -0.261 e. The van der Waals surface area contributed by atoms with E-state index in [4.69, 9.17) is 5.53 Å². The molecule has 62 valence electrons. The molecular formula is C7H7FN4. The Balaban J connectivity index is 2.94. The van der Waals surface area contributed by atoms with E-state index in [0.717, 1.165) is 6.20 Å². The van der Waals surface area contributed by atoms with Gasteiger partial charge in [-0.15, -0.1) is 0 Å². The van der Waals surface area contributed by atoms with Crippen LogP contribution in [0.2, 0.25) is 0 Å². The van der Waals surface area contributed by atoms with Crippen LogP contribution in [0.3, 0.4) is 0 Å². The maximum Gasteiger partial charge on any atom is 0.141 e. The van der Waals surface area contributed by atoms with Crippen LogP contribution in [0.25, 0.3) is 10.4 Å². The first kappa shape index (κ1) is 8.49. The first-order valence-corrected chi connectivity index (χ1v) is 3.38. The lowest BCUT2D eigenvalue weighted by Crippen LogP contribution is -1.90. The van der Waals surface area contributed by atoms with Crippen molar-refractivity contribution in [1.82, 2.24) is 4.98 Å². The predicted octanol–water partition coefficient (Wildman–Crippen LogP) is 2.59. The van der Waals surface area contributed by atoms with Gasteiger partial charge in [0.2, 0.25) is 0 Å². The second kappa shape index (κ2) is 3.69. The molecule has 0 N–H and O–H groups in total. The lowest BCUT2D eigenvalue weighted by atomic mass is 10.1. The Bertz CT molecular complexity index is 319. The van der Waals surface area contributed by atoms with Crippen LogP contribution in [0.4, 0.5) is 4.39 Å². The van der Waals surface area contributed by atoms with Crippen LogP contribution in [0.5, 0.6) is 0 Å². The van der Waals surface area contributed by atoms with E-state index >= 15 is 0 Å². The molecule has 0 radical (unpaired) electrons. The van der Waals surface area contributed by atoms with Crippen LogP contribution in [0.15, 0.2) is 23.6 Å². The first-order chi connectivity index (χ1) is 5.74. The van der Waals surface area contributed by atoms with Crippen molar-refractivity contribution in [3.63, 3.8) is 0 Å². The van der Waals surface area contributed by atoms with Gasteiger partial charge in [-0.05, 0) is 17.2 Å². The molecule has 1 aromatic heterocycles. The third-order valence-corrected chi connectivity index (χ3v) is 1.43. The van der Waals surface area contributed by atoms with Gasteiger partial charge in [-0.3, -0.25) is 4.98 Å². The van der Waals surface area contributed by atoms with E-state index in [1.807, 2.05) is 0 Å². The fourth-order valence-corrected chi connectivity index (χ4v) is 0.801. The molecule has 0 aliphatic carbocycles. The lowest BCUT2D eigenvalue weighted by Gasteiger charge is -2.02. The van der Waals surface area contributed by atoms with E-state index in [1.54, 1.807) is 6.92 Å². The van der Waals surface area contributed by atoms with E-state index in [9.17, 15) is 4.39 Å². The maximum atomic E-state index is 12.6. The molecule has 0 saturated heterocycles. The second-order valence-electron chi connectivity index (χ2n) is 2.32. The maximum absolute atomic E-state index is 12.6. The van der Waals surface area contributed by atoms with Crippen molar-refractivity contribution >= 4 is 0 Å². The summed E-state index contributed by atoms with van der Waals surface area (Å²) >= 11 is 0. The molecule has 0 fully saturated rings. The fourth-order valence-electron chi connectivity index (χ4n) is 0.801. The summed E-state index contributed by atoms with van der Waals surface area (Å²) in [5, 5.41) is 3.41. The normalized spacial score (nSPS) is 11.8. The van der Waals surface area contributed by atoms with Crippen LogP contribution in [0, 0.1) is 5.82 Å². The number of pyridine rings is 1. The van der Waals surface area contributed by atoms with E-state index in [0.29, 0.717) is 5.56 Å². The molecule has 0 bridgehead atoms. The molecule has 5 heteroatoms. The largest absolute Gasteiger partial charge is 0.261 e. The predicted molar refractivity (Wildman–Crippen MR) is 41.8 cm³/mol. The molecule has 0 aliphatic rings. The standard InChI is InChI=1S/C7H7FN4/c1-5(11-12-9)6-2-7(8)4-10-3-6/h2-5H,1H3/t5-/m0/s1. The van der Waals surface area contributed by atoms with Gasteiger partial charge in [0.15, 0.2) is 0 Å². The Morgan fingerprint density at radius 3 is 3.00 bits per heavy atom. The zero-order chi connectivity index (χ0) is 8.97. The summed E-state index contributed by atoms with van der Waals surface area (Å²) in [6.45, 7) is 1.68. The van der Waals surface area contributed by atoms with Gasteiger partial charge in [0.05, 0.1) is 12.2 Å². The summed E-state index contributed by atoms with van der Waals surface area (Å²) in [5.41, 5.74) is 8.69. The highest BCUT2D eigenvalue weighted by Crippen LogP contribution is 2.15. The third-order valence-electron chi connectivity index (χ3n) is 1.43. The Labute approximate surface area is 68.7 Å². The highest BCUT2D eigenvalue weighted by Gasteiger charge is 2.03. The summed E-state index contributed by atoms with van der Waals surface area (Å²) in [6, 6.07) is 0.921. The number of aromatic nitrogens is 1. The van der Waals surface area contributed by atoms with Gasteiger partial charge in [-0.2, -0.15) is 0 Å². The van der Waals surface area contributed by atoms with Crippen LogP contribution in [-0.4, -0.2) is 4.98 Å².